The number of ether oxygens (including phenoxy) is 1. The number of esters is 1. The van der Waals surface area contributed by atoms with E-state index in [1.165, 1.54) is 30.3 Å². The van der Waals surface area contributed by atoms with Crippen molar-refractivity contribution in [3.63, 3.8) is 0 Å². The van der Waals surface area contributed by atoms with Crippen molar-refractivity contribution in [2.75, 3.05) is 11.9 Å². The number of hydrogen-bond donors (Lipinski definition) is 1. The summed E-state index contributed by atoms with van der Waals surface area (Å²) in [7, 11) is 0. The minimum Gasteiger partial charge on any atom is -0.452 e. The van der Waals surface area contributed by atoms with Crippen LogP contribution in [-0.4, -0.2) is 23.4 Å². The minimum atomic E-state index is -0.707. The van der Waals surface area contributed by atoms with Gasteiger partial charge in [-0.1, -0.05) is 0 Å². The molecule has 1 N–H and O–H groups in total. The summed E-state index contributed by atoms with van der Waals surface area (Å²) in [4.78, 5) is 33.1. The second kappa shape index (κ2) is 8.06. The van der Waals surface area contributed by atoms with Crippen LogP contribution < -0.4 is 5.32 Å². The first kappa shape index (κ1) is 17.4. The predicted molar refractivity (Wildman–Crippen MR) is 88.1 cm³/mol. The third-order valence-corrected chi connectivity index (χ3v) is 3.11. The molecule has 0 bridgehead atoms. The quantitative estimate of drug-likeness (QED) is 0.348. The lowest BCUT2D eigenvalue weighted by molar-refractivity contribution is -0.384. The van der Waals surface area contributed by atoms with Gasteiger partial charge in [0, 0.05) is 23.9 Å². The zero-order chi connectivity index (χ0) is 17.5. The molecule has 0 radical (unpaired) electrons. The van der Waals surface area contributed by atoms with Crippen LogP contribution in [0.1, 0.15) is 5.76 Å². The maximum Gasteiger partial charge on any atom is 0.331 e. The van der Waals surface area contributed by atoms with Crippen LogP contribution in [0.5, 0.6) is 0 Å². The molecule has 1 heterocycles. The van der Waals surface area contributed by atoms with Crippen molar-refractivity contribution in [1.82, 2.24) is 0 Å². The SMILES string of the molecule is O=C(COC(=O)C=Cc1ccc(Br)o1)Nc1ccc([N+](=O)[O-])cc1. The number of rotatable bonds is 6. The number of benzene rings is 1. The fourth-order valence-corrected chi connectivity index (χ4v) is 1.94. The third-order valence-electron chi connectivity index (χ3n) is 2.69. The molecule has 0 spiro atoms. The van der Waals surface area contributed by atoms with E-state index >= 15 is 0 Å². The van der Waals surface area contributed by atoms with Crippen LogP contribution in [0.2, 0.25) is 0 Å². The highest BCUT2D eigenvalue weighted by atomic mass is 79.9. The lowest BCUT2D eigenvalue weighted by atomic mass is 10.3. The maximum atomic E-state index is 11.6. The number of nitrogens with zero attached hydrogens (tertiary/aromatic N) is 1. The Morgan fingerprint density at radius 3 is 2.54 bits per heavy atom. The summed E-state index contributed by atoms with van der Waals surface area (Å²) >= 11 is 3.13. The molecule has 0 unspecified atom stereocenters. The number of anilines is 1. The Morgan fingerprint density at radius 2 is 1.96 bits per heavy atom. The third kappa shape index (κ3) is 5.36. The van der Waals surface area contributed by atoms with E-state index in [0.717, 1.165) is 6.08 Å². The Kier molecular flexibility index (Phi) is 5.85. The average molecular weight is 395 g/mol. The predicted octanol–water partition coefficient (Wildman–Crippen LogP) is 3.15. The van der Waals surface area contributed by atoms with Crippen LogP contribution in [0.4, 0.5) is 11.4 Å². The Balaban J connectivity index is 1.79. The molecule has 1 aromatic heterocycles. The fraction of sp³-hybridized carbons (Fsp3) is 0.0667. The van der Waals surface area contributed by atoms with Crippen molar-refractivity contribution in [2.24, 2.45) is 0 Å². The molecule has 124 valence electrons. The van der Waals surface area contributed by atoms with Crippen LogP contribution in [0, 0.1) is 10.1 Å². The van der Waals surface area contributed by atoms with E-state index in [1.807, 2.05) is 0 Å². The van der Waals surface area contributed by atoms with Gasteiger partial charge in [-0.25, -0.2) is 4.79 Å². The van der Waals surface area contributed by atoms with Gasteiger partial charge in [0.15, 0.2) is 11.3 Å². The van der Waals surface area contributed by atoms with Gasteiger partial charge in [0.1, 0.15) is 5.76 Å². The molecular formula is C15H11BrN2O6. The van der Waals surface area contributed by atoms with Gasteiger partial charge in [-0.3, -0.25) is 14.9 Å². The highest BCUT2D eigenvalue weighted by Crippen LogP contribution is 2.16. The largest absolute Gasteiger partial charge is 0.452 e. The molecule has 0 saturated heterocycles. The summed E-state index contributed by atoms with van der Waals surface area (Å²) in [6, 6.07) is 8.59. The number of nitrogens with one attached hydrogen (secondary N) is 1. The second-order valence-corrected chi connectivity index (χ2v) is 5.22. The number of nitro benzene ring substituents is 1. The smallest absolute Gasteiger partial charge is 0.331 e. The van der Waals surface area contributed by atoms with Gasteiger partial charge in [-0.15, -0.1) is 0 Å². The number of nitro groups is 1. The molecule has 8 nitrogen and oxygen atoms in total. The number of carbonyl (C=O) groups is 2. The number of furan rings is 1. The molecule has 2 rings (SSSR count). The van der Waals surface area contributed by atoms with Gasteiger partial charge >= 0.3 is 5.97 Å². The van der Waals surface area contributed by atoms with Gasteiger partial charge in [0.05, 0.1) is 4.92 Å². The zero-order valence-corrected chi connectivity index (χ0v) is 13.7. The molecule has 0 atom stereocenters. The van der Waals surface area contributed by atoms with E-state index in [2.05, 4.69) is 21.2 Å². The lowest BCUT2D eigenvalue weighted by Crippen LogP contribution is -2.20. The normalized spacial score (nSPS) is 10.5. The topological polar surface area (TPSA) is 112 Å². The Labute approximate surface area is 144 Å². The van der Waals surface area contributed by atoms with E-state index in [1.54, 1.807) is 12.1 Å². The minimum absolute atomic E-state index is 0.0888. The molecule has 1 amide bonds. The lowest BCUT2D eigenvalue weighted by Gasteiger charge is -2.05. The zero-order valence-electron chi connectivity index (χ0n) is 12.1. The summed E-state index contributed by atoms with van der Waals surface area (Å²) in [5.74, 6) is -0.818. The molecule has 0 fully saturated rings. The highest BCUT2D eigenvalue weighted by Gasteiger charge is 2.08. The van der Waals surface area contributed by atoms with Crippen molar-refractivity contribution in [1.29, 1.82) is 0 Å². The van der Waals surface area contributed by atoms with Gasteiger partial charge in [-0.2, -0.15) is 0 Å². The van der Waals surface area contributed by atoms with Crippen molar-refractivity contribution < 1.29 is 23.7 Å². The molecule has 0 aliphatic heterocycles. The van der Waals surface area contributed by atoms with Crippen LogP contribution in [-0.2, 0) is 14.3 Å². The molecule has 2 aromatic rings. The van der Waals surface area contributed by atoms with Crippen LogP contribution in [0.3, 0.4) is 0 Å². The maximum absolute atomic E-state index is 11.6. The van der Waals surface area contributed by atoms with E-state index in [0.29, 0.717) is 16.1 Å². The summed E-state index contributed by atoms with van der Waals surface area (Å²) in [5, 5.41) is 13.0. The van der Waals surface area contributed by atoms with Crippen molar-refractivity contribution in [3.8, 4) is 0 Å². The monoisotopic (exact) mass is 394 g/mol. The molecule has 24 heavy (non-hydrogen) atoms. The molecule has 0 aliphatic rings. The number of hydrogen-bond acceptors (Lipinski definition) is 6. The Morgan fingerprint density at radius 1 is 1.25 bits per heavy atom. The first-order valence-electron chi connectivity index (χ1n) is 6.58. The van der Waals surface area contributed by atoms with Crippen molar-refractivity contribution in [3.05, 3.63) is 63.0 Å². The first-order chi connectivity index (χ1) is 11.4. The number of halogens is 1. The average Bonchev–Trinajstić information content (AvgIpc) is 2.97. The van der Waals surface area contributed by atoms with Gasteiger partial charge in [0.25, 0.3) is 11.6 Å². The van der Waals surface area contributed by atoms with E-state index < -0.39 is 23.4 Å². The molecular weight excluding hydrogens is 384 g/mol. The number of carbonyl (C=O) groups excluding carboxylic acids is 2. The van der Waals surface area contributed by atoms with Crippen molar-refractivity contribution in [2.45, 2.75) is 0 Å². The summed E-state index contributed by atoms with van der Waals surface area (Å²) in [6.45, 7) is -0.484. The first-order valence-corrected chi connectivity index (χ1v) is 7.38. The van der Waals surface area contributed by atoms with E-state index in [4.69, 9.17) is 9.15 Å². The molecule has 0 aliphatic carbocycles. The summed E-state index contributed by atoms with van der Waals surface area (Å²) < 4.78 is 10.5. The van der Waals surface area contributed by atoms with Crippen molar-refractivity contribution >= 4 is 45.3 Å². The van der Waals surface area contributed by atoms with Gasteiger partial charge in [0.2, 0.25) is 0 Å². The van der Waals surface area contributed by atoms with Gasteiger partial charge in [-0.05, 0) is 46.3 Å². The highest BCUT2D eigenvalue weighted by molar-refractivity contribution is 9.10. The number of non-ortho nitro benzene ring substituents is 1. The van der Waals surface area contributed by atoms with Gasteiger partial charge < -0.3 is 14.5 Å². The van der Waals surface area contributed by atoms with E-state index in [-0.39, 0.29) is 5.69 Å². The molecule has 1 aromatic carbocycles. The van der Waals surface area contributed by atoms with Crippen LogP contribution >= 0.6 is 15.9 Å². The second-order valence-electron chi connectivity index (χ2n) is 4.44. The fourth-order valence-electron chi connectivity index (χ4n) is 1.62. The summed E-state index contributed by atoms with van der Waals surface area (Å²) in [5.41, 5.74) is 0.270. The van der Waals surface area contributed by atoms with Crippen LogP contribution in [0.15, 0.2) is 51.6 Å². The summed E-state index contributed by atoms with van der Waals surface area (Å²) in [6.07, 6.45) is 2.53. The van der Waals surface area contributed by atoms with Crippen LogP contribution in [0.25, 0.3) is 6.08 Å². The molecule has 9 heteroatoms. The Bertz CT molecular complexity index is 782. The molecule has 0 saturated carbocycles. The Hall–Kier alpha value is -2.94. The van der Waals surface area contributed by atoms with E-state index in [9.17, 15) is 19.7 Å². The standard InChI is InChI=1S/C15H11BrN2O6/c16-13-7-5-12(24-13)6-8-15(20)23-9-14(19)17-10-1-3-11(4-2-10)18(21)22/h1-8H,9H2,(H,17,19). The number of amides is 1.